The Labute approximate surface area is 188 Å². The molecule has 3 heterocycles. The van der Waals surface area contributed by atoms with Gasteiger partial charge in [-0.3, -0.25) is 14.7 Å². The number of carbonyl (C=O) groups excluding carboxylic acids is 1. The van der Waals surface area contributed by atoms with Crippen molar-refractivity contribution in [1.29, 1.82) is 0 Å². The summed E-state index contributed by atoms with van der Waals surface area (Å²) in [5.74, 6) is -0.483. The zero-order chi connectivity index (χ0) is 21.4. The molecular formula is C23H14BrN3O3S. The molecule has 1 amide bonds. The minimum absolute atomic E-state index is 0.0462. The molecule has 0 aliphatic heterocycles. The minimum atomic E-state index is -0.682. The SMILES string of the molecule is O=C(c1cc2ccccc2oc1=O)N(Cc1ccccn1)c1nc2ccc(Br)cc2s1. The summed E-state index contributed by atoms with van der Waals surface area (Å²) in [6.07, 6.45) is 1.66. The minimum Gasteiger partial charge on any atom is -0.422 e. The maximum atomic E-state index is 13.6. The molecule has 152 valence electrons. The molecule has 3 aromatic heterocycles. The Morgan fingerprint density at radius 3 is 2.74 bits per heavy atom. The van der Waals surface area contributed by atoms with Crippen LogP contribution in [0.25, 0.3) is 21.2 Å². The fourth-order valence-corrected chi connectivity index (χ4v) is 4.75. The van der Waals surface area contributed by atoms with Crippen molar-refractivity contribution in [2.75, 3.05) is 4.90 Å². The van der Waals surface area contributed by atoms with Gasteiger partial charge >= 0.3 is 5.63 Å². The molecule has 0 fully saturated rings. The lowest BCUT2D eigenvalue weighted by atomic mass is 10.1. The predicted octanol–water partition coefficient (Wildman–Crippen LogP) is 5.41. The molecule has 0 N–H and O–H groups in total. The molecule has 0 spiro atoms. The lowest BCUT2D eigenvalue weighted by Gasteiger charge is -2.19. The van der Waals surface area contributed by atoms with Crippen molar-refractivity contribution in [3.8, 4) is 0 Å². The van der Waals surface area contributed by atoms with E-state index in [4.69, 9.17) is 4.42 Å². The van der Waals surface area contributed by atoms with Crippen LogP contribution in [0.3, 0.4) is 0 Å². The predicted molar refractivity (Wildman–Crippen MR) is 125 cm³/mol. The van der Waals surface area contributed by atoms with Gasteiger partial charge in [0.05, 0.1) is 22.5 Å². The van der Waals surface area contributed by atoms with Crippen LogP contribution in [-0.2, 0) is 6.54 Å². The van der Waals surface area contributed by atoms with Crippen LogP contribution in [0.15, 0.2) is 86.6 Å². The average Bonchev–Trinajstić information content (AvgIpc) is 3.20. The van der Waals surface area contributed by atoms with E-state index in [9.17, 15) is 9.59 Å². The fourth-order valence-electron chi connectivity index (χ4n) is 3.24. The standard InChI is InChI=1S/C23H14BrN3O3S/c24-15-8-9-18-20(12-15)31-23(26-18)27(13-16-6-3-4-10-25-16)21(28)17-11-14-5-1-2-7-19(14)30-22(17)29/h1-12H,13H2. The van der Waals surface area contributed by atoms with Gasteiger partial charge in [-0.15, -0.1) is 0 Å². The summed E-state index contributed by atoms with van der Waals surface area (Å²) in [6, 6.07) is 19.9. The Hall–Kier alpha value is -3.36. The van der Waals surface area contributed by atoms with Gasteiger partial charge in [0.2, 0.25) is 0 Å². The van der Waals surface area contributed by atoms with E-state index in [-0.39, 0.29) is 12.1 Å². The molecule has 0 radical (unpaired) electrons. The second-order valence-electron chi connectivity index (χ2n) is 6.81. The molecular weight excluding hydrogens is 478 g/mol. The zero-order valence-electron chi connectivity index (χ0n) is 16.0. The van der Waals surface area contributed by atoms with E-state index < -0.39 is 11.5 Å². The quantitative estimate of drug-likeness (QED) is 0.314. The number of benzene rings is 2. The van der Waals surface area contributed by atoms with E-state index in [1.165, 1.54) is 16.2 Å². The molecule has 0 unspecified atom stereocenters. The van der Waals surface area contributed by atoms with Crippen LogP contribution in [0.5, 0.6) is 0 Å². The van der Waals surface area contributed by atoms with Crippen LogP contribution in [0.1, 0.15) is 16.1 Å². The van der Waals surface area contributed by atoms with Crippen LogP contribution in [-0.4, -0.2) is 15.9 Å². The molecule has 0 bridgehead atoms. The van der Waals surface area contributed by atoms with Crippen LogP contribution < -0.4 is 10.5 Å². The molecule has 0 atom stereocenters. The lowest BCUT2D eigenvalue weighted by molar-refractivity contribution is 0.0981. The monoisotopic (exact) mass is 491 g/mol. The number of hydrogen-bond donors (Lipinski definition) is 0. The first-order valence-electron chi connectivity index (χ1n) is 9.39. The summed E-state index contributed by atoms with van der Waals surface area (Å²) in [5.41, 5.74) is 1.16. The molecule has 31 heavy (non-hydrogen) atoms. The number of thiazole rings is 1. The van der Waals surface area contributed by atoms with Crippen molar-refractivity contribution < 1.29 is 9.21 Å². The Morgan fingerprint density at radius 1 is 1.06 bits per heavy atom. The summed E-state index contributed by atoms with van der Waals surface area (Å²) in [5, 5.41) is 1.16. The molecule has 0 saturated heterocycles. The topological polar surface area (TPSA) is 76.3 Å². The maximum absolute atomic E-state index is 13.6. The Morgan fingerprint density at radius 2 is 1.90 bits per heavy atom. The van der Waals surface area contributed by atoms with Gasteiger partial charge in [-0.05, 0) is 42.5 Å². The zero-order valence-corrected chi connectivity index (χ0v) is 18.4. The van der Waals surface area contributed by atoms with Gasteiger partial charge in [0.15, 0.2) is 5.13 Å². The van der Waals surface area contributed by atoms with E-state index in [1.54, 1.807) is 30.5 Å². The van der Waals surface area contributed by atoms with Crippen molar-refractivity contribution in [3.63, 3.8) is 0 Å². The number of pyridine rings is 1. The highest BCUT2D eigenvalue weighted by molar-refractivity contribution is 9.10. The first-order valence-corrected chi connectivity index (χ1v) is 11.0. The van der Waals surface area contributed by atoms with E-state index in [0.29, 0.717) is 21.8 Å². The van der Waals surface area contributed by atoms with Gasteiger partial charge in [-0.25, -0.2) is 9.78 Å². The van der Waals surface area contributed by atoms with Crippen molar-refractivity contribution in [2.24, 2.45) is 0 Å². The number of rotatable bonds is 4. The third-order valence-electron chi connectivity index (χ3n) is 4.73. The molecule has 8 heteroatoms. The average molecular weight is 492 g/mol. The number of nitrogens with zero attached hydrogens (tertiary/aromatic N) is 3. The summed E-state index contributed by atoms with van der Waals surface area (Å²) < 4.78 is 7.23. The van der Waals surface area contributed by atoms with E-state index in [0.717, 1.165) is 14.7 Å². The second kappa shape index (κ2) is 8.05. The van der Waals surface area contributed by atoms with Gasteiger partial charge in [0.25, 0.3) is 5.91 Å². The van der Waals surface area contributed by atoms with Gasteiger partial charge in [-0.1, -0.05) is 51.5 Å². The molecule has 5 aromatic rings. The number of para-hydroxylation sites is 1. The first-order chi connectivity index (χ1) is 15.1. The highest BCUT2D eigenvalue weighted by Gasteiger charge is 2.25. The number of carbonyl (C=O) groups is 1. The third kappa shape index (κ3) is 3.87. The van der Waals surface area contributed by atoms with Crippen molar-refractivity contribution >= 4 is 59.5 Å². The number of aromatic nitrogens is 2. The number of fused-ring (bicyclic) bond motifs is 2. The van der Waals surface area contributed by atoms with Crippen LogP contribution in [0.2, 0.25) is 0 Å². The normalized spacial score (nSPS) is 11.1. The highest BCUT2D eigenvalue weighted by atomic mass is 79.9. The van der Waals surface area contributed by atoms with Crippen LogP contribution >= 0.6 is 27.3 Å². The van der Waals surface area contributed by atoms with Crippen LogP contribution in [0, 0.1) is 0 Å². The molecule has 5 rings (SSSR count). The van der Waals surface area contributed by atoms with E-state index in [2.05, 4.69) is 25.9 Å². The number of anilines is 1. The summed E-state index contributed by atoms with van der Waals surface area (Å²) in [7, 11) is 0. The highest BCUT2D eigenvalue weighted by Crippen LogP contribution is 2.32. The maximum Gasteiger partial charge on any atom is 0.349 e. The molecule has 2 aromatic carbocycles. The number of hydrogen-bond acceptors (Lipinski definition) is 6. The number of halogens is 1. The Balaban J connectivity index is 1.63. The summed E-state index contributed by atoms with van der Waals surface area (Å²) >= 11 is 4.84. The molecule has 6 nitrogen and oxygen atoms in total. The van der Waals surface area contributed by atoms with Crippen molar-refractivity contribution in [2.45, 2.75) is 6.54 Å². The molecule has 0 aliphatic carbocycles. The van der Waals surface area contributed by atoms with Crippen molar-refractivity contribution in [3.05, 3.63) is 99.1 Å². The summed E-state index contributed by atoms with van der Waals surface area (Å²) in [4.78, 5) is 36.6. The van der Waals surface area contributed by atoms with E-state index in [1.807, 2.05) is 42.5 Å². The molecule has 0 saturated carbocycles. The van der Waals surface area contributed by atoms with Gasteiger partial charge in [0, 0.05) is 16.1 Å². The fraction of sp³-hybridized carbons (Fsp3) is 0.0435. The smallest absolute Gasteiger partial charge is 0.349 e. The summed E-state index contributed by atoms with van der Waals surface area (Å²) in [6.45, 7) is 0.174. The van der Waals surface area contributed by atoms with Gasteiger partial charge < -0.3 is 4.42 Å². The van der Waals surface area contributed by atoms with Crippen LogP contribution in [0.4, 0.5) is 5.13 Å². The van der Waals surface area contributed by atoms with Gasteiger partial charge in [0.1, 0.15) is 11.1 Å². The van der Waals surface area contributed by atoms with Crippen molar-refractivity contribution in [1.82, 2.24) is 9.97 Å². The van der Waals surface area contributed by atoms with E-state index >= 15 is 0 Å². The lowest BCUT2D eigenvalue weighted by Crippen LogP contribution is -2.33. The second-order valence-corrected chi connectivity index (χ2v) is 8.73. The third-order valence-corrected chi connectivity index (χ3v) is 6.27. The first kappa shape index (κ1) is 19.6. The Bertz CT molecular complexity index is 1480. The van der Waals surface area contributed by atoms with Gasteiger partial charge in [-0.2, -0.15) is 0 Å². The largest absolute Gasteiger partial charge is 0.422 e. The Kier molecular flexibility index (Phi) is 5.09. The number of amides is 1. The molecule has 0 aliphatic rings.